The van der Waals surface area contributed by atoms with E-state index in [9.17, 15) is 0 Å². The van der Waals surface area contributed by atoms with Crippen molar-refractivity contribution >= 4 is 11.3 Å². The lowest BCUT2D eigenvalue weighted by Gasteiger charge is -2.30. The summed E-state index contributed by atoms with van der Waals surface area (Å²) in [7, 11) is 4.19. The molecule has 1 aliphatic heterocycles. The van der Waals surface area contributed by atoms with Crippen LogP contribution in [-0.2, 0) is 6.54 Å². The minimum atomic E-state index is 0.564. The second-order valence-electron chi connectivity index (χ2n) is 4.19. The van der Waals surface area contributed by atoms with Crippen LogP contribution in [0, 0.1) is 0 Å². The highest BCUT2D eigenvalue weighted by Gasteiger charge is 2.23. The van der Waals surface area contributed by atoms with Crippen molar-refractivity contribution in [2.24, 2.45) is 0 Å². The molecule has 4 heteroatoms. The number of nitrogens with zero attached hydrogens (tertiary/aromatic N) is 2. The maximum absolute atomic E-state index is 4.55. The number of piperidine rings is 1. The van der Waals surface area contributed by atoms with Gasteiger partial charge in [0.15, 0.2) is 0 Å². The summed E-state index contributed by atoms with van der Waals surface area (Å²) in [4.78, 5) is 8.32. The zero-order valence-corrected chi connectivity index (χ0v) is 10.3. The van der Waals surface area contributed by atoms with Gasteiger partial charge in [-0.25, -0.2) is 4.98 Å². The molecule has 0 saturated carbocycles. The summed E-state index contributed by atoms with van der Waals surface area (Å²) < 4.78 is 0. The van der Waals surface area contributed by atoms with Crippen LogP contribution in [0.15, 0.2) is 6.20 Å². The molecule has 0 amide bonds. The van der Waals surface area contributed by atoms with Gasteiger partial charge in [0.1, 0.15) is 5.01 Å². The number of rotatable bonds is 3. The highest BCUT2D eigenvalue weighted by molar-refractivity contribution is 7.11. The van der Waals surface area contributed by atoms with Gasteiger partial charge in [0.2, 0.25) is 0 Å². The molecule has 84 valence electrons. The second-order valence-corrected chi connectivity index (χ2v) is 5.33. The van der Waals surface area contributed by atoms with E-state index in [4.69, 9.17) is 0 Å². The van der Waals surface area contributed by atoms with Crippen LogP contribution in [0.3, 0.4) is 0 Å². The molecule has 1 saturated heterocycles. The fourth-order valence-corrected chi connectivity index (χ4v) is 3.25. The average molecular weight is 225 g/mol. The number of hydrogen-bond donors (Lipinski definition) is 1. The van der Waals surface area contributed by atoms with Crippen molar-refractivity contribution in [3.8, 4) is 0 Å². The molecule has 1 aromatic rings. The van der Waals surface area contributed by atoms with Gasteiger partial charge in [-0.05, 0) is 33.5 Å². The first-order valence-corrected chi connectivity index (χ1v) is 6.42. The van der Waals surface area contributed by atoms with Crippen LogP contribution < -0.4 is 5.32 Å². The molecule has 0 aliphatic carbocycles. The number of aromatic nitrogens is 1. The van der Waals surface area contributed by atoms with Gasteiger partial charge in [0.05, 0.1) is 6.04 Å². The van der Waals surface area contributed by atoms with E-state index in [-0.39, 0.29) is 0 Å². The summed E-state index contributed by atoms with van der Waals surface area (Å²) in [6, 6.07) is 0.564. The minimum Gasteiger partial charge on any atom is -0.315 e. The standard InChI is InChI=1S/C11H19N3S/c1-12-7-9-8-13-11(15-9)10-5-3-4-6-14(10)2/h8,10,12H,3-7H2,1-2H3. The highest BCUT2D eigenvalue weighted by atomic mass is 32.1. The number of thiazole rings is 1. The Morgan fingerprint density at radius 3 is 3.20 bits per heavy atom. The highest BCUT2D eigenvalue weighted by Crippen LogP contribution is 2.31. The Hall–Kier alpha value is -0.450. The van der Waals surface area contributed by atoms with Crippen LogP contribution in [0.25, 0.3) is 0 Å². The topological polar surface area (TPSA) is 28.2 Å². The van der Waals surface area contributed by atoms with Crippen molar-refractivity contribution in [1.82, 2.24) is 15.2 Å². The van der Waals surface area contributed by atoms with E-state index in [2.05, 4.69) is 22.2 Å². The summed E-state index contributed by atoms with van der Waals surface area (Å²) in [5.41, 5.74) is 0. The first-order chi connectivity index (χ1) is 7.31. The normalized spacial score (nSPS) is 23.2. The van der Waals surface area contributed by atoms with Crippen LogP contribution in [0.1, 0.15) is 35.2 Å². The molecule has 1 N–H and O–H groups in total. The van der Waals surface area contributed by atoms with Crippen molar-refractivity contribution < 1.29 is 0 Å². The van der Waals surface area contributed by atoms with E-state index in [1.165, 1.54) is 35.7 Å². The molecule has 1 unspecified atom stereocenters. The molecule has 1 fully saturated rings. The van der Waals surface area contributed by atoms with E-state index >= 15 is 0 Å². The molecular weight excluding hydrogens is 206 g/mol. The molecule has 2 heterocycles. The van der Waals surface area contributed by atoms with Crippen LogP contribution in [-0.4, -0.2) is 30.5 Å². The Morgan fingerprint density at radius 1 is 1.60 bits per heavy atom. The van der Waals surface area contributed by atoms with Gasteiger partial charge in [-0.3, -0.25) is 4.90 Å². The number of likely N-dealkylation sites (tertiary alicyclic amines) is 1. The summed E-state index contributed by atoms with van der Waals surface area (Å²) in [5, 5.41) is 4.46. The largest absolute Gasteiger partial charge is 0.315 e. The van der Waals surface area contributed by atoms with E-state index < -0.39 is 0 Å². The van der Waals surface area contributed by atoms with Crippen LogP contribution >= 0.6 is 11.3 Å². The van der Waals surface area contributed by atoms with Gasteiger partial charge in [0, 0.05) is 17.6 Å². The van der Waals surface area contributed by atoms with Gasteiger partial charge in [0.25, 0.3) is 0 Å². The summed E-state index contributed by atoms with van der Waals surface area (Å²) in [5.74, 6) is 0. The third-order valence-electron chi connectivity index (χ3n) is 2.98. The Morgan fingerprint density at radius 2 is 2.47 bits per heavy atom. The van der Waals surface area contributed by atoms with Crippen LogP contribution in [0.4, 0.5) is 0 Å². The van der Waals surface area contributed by atoms with E-state index in [1.54, 1.807) is 0 Å². The van der Waals surface area contributed by atoms with Crippen molar-refractivity contribution in [3.05, 3.63) is 16.1 Å². The predicted octanol–water partition coefficient (Wildman–Crippen LogP) is 2.02. The zero-order valence-electron chi connectivity index (χ0n) is 9.49. The van der Waals surface area contributed by atoms with Crippen molar-refractivity contribution in [1.29, 1.82) is 0 Å². The molecule has 0 radical (unpaired) electrons. The van der Waals surface area contributed by atoms with Crippen LogP contribution in [0.5, 0.6) is 0 Å². The molecule has 3 nitrogen and oxygen atoms in total. The van der Waals surface area contributed by atoms with E-state index in [1.807, 2.05) is 24.6 Å². The summed E-state index contributed by atoms with van der Waals surface area (Å²) >= 11 is 1.85. The minimum absolute atomic E-state index is 0.564. The van der Waals surface area contributed by atoms with Gasteiger partial charge >= 0.3 is 0 Å². The molecule has 2 rings (SSSR count). The van der Waals surface area contributed by atoms with Gasteiger partial charge < -0.3 is 5.32 Å². The van der Waals surface area contributed by atoms with Crippen molar-refractivity contribution in [2.45, 2.75) is 31.8 Å². The third-order valence-corrected chi connectivity index (χ3v) is 4.08. The van der Waals surface area contributed by atoms with E-state index in [0.29, 0.717) is 6.04 Å². The monoisotopic (exact) mass is 225 g/mol. The maximum Gasteiger partial charge on any atom is 0.110 e. The van der Waals surface area contributed by atoms with Crippen LogP contribution in [0.2, 0.25) is 0 Å². The molecule has 15 heavy (non-hydrogen) atoms. The first-order valence-electron chi connectivity index (χ1n) is 5.60. The molecule has 1 atom stereocenters. The number of hydrogen-bond acceptors (Lipinski definition) is 4. The molecule has 0 aromatic carbocycles. The Kier molecular flexibility index (Phi) is 3.72. The summed E-state index contributed by atoms with van der Waals surface area (Å²) in [6.07, 6.45) is 5.96. The average Bonchev–Trinajstić information content (AvgIpc) is 2.68. The molecule has 0 spiro atoms. The zero-order chi connectivity index (χ0) is 10.7. The maximum atomic E-state index is 4.55. The lowest BCUT2D eigenvalue weighted by molar-refractivity contribution is 0.187. The van der Waals surface area contributed by atoms with Crippen molar-refractivity contribution in [2.75, 3.05) is 20.6 Å². The molecule has 0 bridgehead atoms. The fraction of sp³-hybridized carbons (Fsp3) is 0.727. The Labute approximate surface area is 95.5 Å². The first kappa shape index (κ1) is 11.0. The fourth-order valence-electron chi connectivity index (χ4n) is 2.12. The second kappa shape index (κ2) is 5.05. The summed E-state index contributed by atoms with van der Waals surface area (Å²) in [6.45, 7) is 2.15. The van der Waals surface area contributed by atoms with E-state index in [0.717, 1.165) is 6.54 Å². The molecular formula is C11H19N3S. The smallest absolute Gasteiger partial charge is 0.110 e. The third kappa shape index (κ3) is 2.56. The Balaban J connectivity index is 2.06. The Bertz CT molecular complexity index is 311. The predicted molar refractivity (Wildman–Crippen MR) is 64.1 cm³/mol. The quantitative estimate of drug-likeness (QED) is 0.853. The lowest BCUT2D eigenvalue weighted by atomic mass is 10.0. The van der Waals surface area contributed by atoms with Gasteiger partial charge in [-0.15, -0.1) is 11.3 Å². The van der Waals surface area contributed by atoms with Gasteiger partial charge in [-0.1, -0.05) is 6.42 Å². The van der Waals surface area contributed by atoms with Crippen molar-refractivity contribution in [3.63, 3.8) is 0 Å². The molecule has 1 aliphatic rings. The number of nitrogens with one attached hydrogen (secondary N) is 1. The SMILES string of the molecule is CNCc1cnc(C2CCCCN2C)s1. The molecule has 1 aromatic heterocycles. The van der Waals surface area contributed by atoms with Gasteiger partial charge in [-0.2, -0.15) is 0 Å². The lowest BCUT2D eigenvalue weighted by Crippen LogP contribution is -2.29.